The van der Waals surface area contributed by atoms with E-state index < -0.39 is 11.9 Å². The molecule has 8 heteroatoms. The number of carbonyl (C=O) groups excluding carboxylic acids is 1. The highest BCUT2D eigenvalue weighted by Crippen LogP contribution is 2.45. The second kappa shape index (κ2) is 7.80. The predicted octanol–water partition coefficient (Wildman–Crippen LogP) is 3.86. The number of nitriles is 1. The summed E-state index contributed by atoms with van der Waals surface area (Å²) >= 11 is 18.4. The van der Waals surface area contributed by atoms with Crippen molar-refractivity contribution in [2.45, 2.75) is 12.8 Å². The third-order valence-corrected chi connectivity index (χ3v) is 4.30. The minimum atomic E-state index is -0.919. The molecule has 5 nitrogen and oxygen atoms in total. The highest BCUT2D eigenvalue weighted by Gasteiger charge is 2.39. The summed E-state index contributed by atoms with van der Waals surface area (Å²) in [6.07, 6.45) is 0. The Balaban J connectivity index is 2.76. The van der Waals surface area contributed by atoms with Gasteiger partial charge in [0.1, 0.15) is 17.4 Å². The van der Waals surface area contributed by atoms with E-state index >= 15 is 0 Å². The van der Waals surface area contributed by atoms with E-state index in [-0.39, 0.29) is 45.3 Å². The first-order valence-corrected chi connectivity index (χ1v) is 8.22. The molecule has 0 aromatic heterocycles. The lowest BCUT2D eigenvalue weighted by atomic mass is 9.83. The molecule has 1 aliphatic rings. The number of nitrogens with two attached hydrogens (primary N) is 1. The molecule has 0 fully saturated rings. The highest BCUT2D eigenvalue weighted by molar-refractivity contribution is 6.36. The first-order chi connectivity index (χ1) is 11.5. The Kier molecular flexibility index (Phi) is 6.00. The van der Waals surface area contributed by atoms with Gasteiger partial charge in [-0.05, 0) is 19.1 Å². The van der Waals surface area contributed by atoms with Crippen molar-refractivity contribution in [1.82, 2.24) is 0 Å². The van der Waals surface area contributed by atoms with Crippen LogP contribution in [0.5, 0.6) is 0 Å². The Labute approximate surface area is 154 Å². The number of ether oxygens (including phenoxy) is 2. The van der Waals surface area contributed by atoms with Crippen LogP contribution in [0.25, 0.3) is 0 Å². The molecule has 0 amide bonds. The normalized spacial score (nSPS) is 17.4. The largest absolute Gasteiger partial charge is 0.463 e. The maximum absolute atomic E-state index is 12.5. The number of rotatable bonds is 4. The summed E-state index contributed by atoms with van der Waals surface area (Å²) in [5.41, 5.74) is 6.27. The number of allylic oxidation sites excluding steroid dienone is 2. The van der Waals surface area contributed by atoms with Crippen molar-refractivity contribution in [3.05, 3.63) is 56.6 Å². The fourth-order valence-corrected chi connectivity index (χ4v) is 3.24. The van der Waals surface area contributed by atoms with Gasteiger partial charge in [-0.15, -0.1) is 11.6 Å². The lowest BCUT2D eigenvalue weighted by Crippen LogP contribution is -2.27. The monoisotopic (exact) mass is 386 g/mol. The van der Waals surface area contributed by atoms with Crippen molar-refractivity contribution in [3.63, 3.8) is 0 Å². The molecule has 2 N–H and O–H groups in total. The molecule has 0 saturated heterocycles. The van der Waals surface area contributed by atoms with Crippen molar-refractivity contribution in [3.8, 4) is 6.07 Å². The number of benzene rings is 1. The third-order valence-electron chi connectivity index (χ3n) is 3.40. The van der Waals surface area contributed by atoms with Gasteiger partial charge in [-0.25, -0.2) is 4.79 Å². The molecule has 1 aromatic carbocycles. The molecule has 1 heterocycles. The van der Waals surface area contributed by atoms with Crippen LogP contribution in [0.3, 0.4) is 0 Å². The van der Waals surface area contributed by atoms with Crippen LogP contribution in [0.4, 0.5) is 0 Å². The number of carbonyl (C=O) groups is 1. The minimum absolute atomic E-state index is 0.0157. The molecular weight excluding hydrogens is 375 g/mol. The molecule has 126 valence electrons. The second-order valence-corrected chi connectivity index (χ2v) is 5.83. The van der Waals surface area contributed by atoms with Crippen LogP contribution in [-0.4, -0.2) is 18.5 Å². The summed E-state index contributed by atoms with van der Waals surface area (Å²) in [5, 5.41) is 10.1. The Bertz CT molecular complexity index is 761. The van der Waals surface area contributed by atoms with E-state index in [1.54, 1.807) is 25.1 Å². The summed E-state index contributed by atoms with van der Waals surface area (Å²) in [6.45, 7) is 1.80. The summed E-state index contributed by atoms with van der Waals surface area (Å²) in [7, 11) is 0. The van der Waals surface area contributed by atoms with Crippen LogP contribution in [0, 0.1) is 11.3 Å². The fourth-order valence-electron chi connectivity index (χ4n) is 2.42. The van der Waals surface area contributed by atoms with E-state index in [2.05, 4.69) is 0 Å². The first kappa shape index (κ1) is 18.5. The minimum Gasteiger partial charge on any atom is -0.463 e. The van der Waals surface area contributed by atoms with E-state index in [0.29, 0.717) is 5.56 Å². The van der Waals surface area contributed by atoms with Crippen molar-refractivity contribution in [2.75, 3.05) is 12.5 Å². The van der Waals surface area contributed by atoms with Gasteiger partial charge in [0.15, 0.2) is 0 Å². The van der Waals surface area contributed by atoms with Crippen molar-refractivity contribution < 1.29 is 14.3 Å². The molecule has 1 aliphatic heterocycles. The molecule has 1 atom stereocenters. The van der Waals surface area contributed by atoms with Gasteiger partial charge in [0.05, 0.1) is 24.0 Å². The van der Waals surface area contributed by atoms with E-state index in [0.717, 1.165) is 0 Å². The lowest BCUT2D eigenvalue weighted by molar-refractivity contribution is -0.139. The Morgan fingerprint density at radius 2 is 2.04 bits per heavy atom. The first-order valence-electron chi connectivity index (χ1n) is 6.93. The molecule has 0 radical (unpaired) electrons. The quantitative estimate of drug-likeness (QED) is 0.626. The lowest BCUT2D eigenvalue weighted by Gasteiger charge is -2.28. The second-order valence-electron chi connectivity index (χ2n) is 4.75. The van der Waals surface area contributed by atoms with Gasteiger partial charge in [0.2, 0.25) is 5.88 Å². The molecule has 1 aromatic rings. The van der Waals surface area contributed by atoms with Crippen LogP contribution in [0.1, 0.15) is 18.4 Å². The summed E-state index contributed by atoms with van der Waals surface area (Å²) in [6, 6.07) is 6.82. The van der Waals surface area contributed by atoms with E-state index in [9.17, 15) is 10.1 Å². The topological polar surface area (TPSA) is 85.3 Å². The average molecular weight is 388 g/mol. The van der Waals surface area contributed by atoms with Gasteiger partial charge in [-0.3, -0.25) is 0 Å². The van der Waals surface area contributed by atoms with Crippen LogP contribution in [0.2, 0.25) is 10.0 Å². The molecule has 0 spiro atoms. The van der Waals surface area contributed by atoms with Crippen molar-refractivity contribution in [2.24, 2.45) is 5.73 Å². The smallest absolute Gasteiger partial charge is 0.338 e. The SMILES string of the molecule is CCOC(=O)C1=C(CCl)OC(N)=C(C#N)[C@H]1c1c(Cl)cccc1Cl. The van der Waals surface area contributed by atoms with Crippen LogP contribution >= 0.6 is 34.8 Å². The van der Waals surface area contributed by atoms with Gasteiger partial charge in [-0.1, -0.05) is 29.3 Å². The molecule has 0 saturated carbocycles. The molecule has 24 heavy (non-hydrogen) atoms. The Morgan fingerprint density at radius 1 is 1.42 bits per heavy atom. The third kappa shape index (κ3) is 3.32. The standard InChI is InChI=1S/C16H13Cl3N2O3/c1-2-23-16(22)14-11(6-17)24-15(21)8(7-20)12(14)13-9(18)4-3-5-10(13)19/h3-5,12H,2,6,21H2,1H3/t12-/m0/s1. The van der Waals surface area contributed by atoms with Gasteiger partial charge < -0.3 is 15.2 Å². The van der Waals surface area contributed by atoms with Crippen LogP contribution in [-0.2, 0) is 14.3 Å². The number of halogens is 3. The zero-order chi connectivity index (χ0) is 17.9. The maximum Gasteiger partial charge on any atom is 0.338 e. The molecule has 0 unspecified atom stereocenters. The maximum atomic E-state index is 12.5. The van der Waals surface area contributed by atoms with E-state index in [1.165, 1.54) is 0 Å². The number of hydrogen-bond donors (Lipinski definition) is 1. The molecule has 0 bridgehead atoms. The molecule has 0 aliphatic carbocycles. The number of hydrogen-bond acceptors (Lipinski definition) is 5. The number of esters is 1. The van der Waals surface area contributed by atoms with Crippen LogP contribution < -0.4 is 5.73 Å². The zero-order valence-electron chi connectivity index (χ0n) is 12.6. The predicted molar refractivity (Wildman–Crippen MR) is 91.5 cm³/mol. The highest BCUT2D eigenvalue weighted by atomic mass is 35.5. The van der Waals surface area contributed by atoms with E-state index in [1.807, 2.05) is 6.07 Å². The van der Waals surface area contributed by atoms with Crippen molar-refractivity contribution >= 4 is 40.8 Å². The summed E-state index contributed by atoms with van der Waals surface area (Å²) in [4.78, 5) is 12.5. The van der Waals surface area contributed by atoms with Gasteiger partial charge in [0, 0.05) is 15.6 Å². The zero-order valence-corrected chi connectivity index (χ0v) is 14.9. The van der Waals surface area contributed by atoms with Crippen molar-refractivity contribution in [1.29, 1.82) is 5.26 Å². The molecule has 2 rings (SSSR count). The van der Waals surface area contributed by atoms with Gasteiger partial charge in [0.25, 0.3) is 0 Å². The Morgan fingerprint density at radius 3 is 2.54 bits per heavy atom. The summed E-state index contributed by atoms with van der Waals surface area (Å²) in [5.74, 6) is -1.77. The average Bonchev–Trinajstić information content (AvgIpc) is 2.54. The van der Waals surface area contributed by atoms with Gasteiger partial charge >= 0.3 is 5.97 Å². The number of nitrogens with zero attached hydrogens (tertiary/aromatic N) is 1. The van der Waals surface area contributed by atoms with E-state index in [4.69, 9.17) is 50.0 Å². The molecular formula is C16H13Cl3N2O3. The fraction of sp³-hybridized carbons (Fsp3) is 0.250. The Hall–Kier alpha value is -1.87. The van der Waals surface area contributed by atoms with Gasteiger partial charge in [-0.2, -0.15) is 5.26 Å². The summed E-state index contributed by atoms with van der Waals surface area (Å²) < 4.78 is 10.4. The number of alkyl halides is 1. The van der Waals surface area contributed by atoms with Crippen LogP contribution in [0.15, 0.2) is 41.0 Å².